The number of hydrogen-bond acceptors (Lipinski definition) is 6. The molecule has 0 radical (unpaired) electrons. The number of fused-ring (bicyclic) bond motifs is 2. The van der Waals surface area contributed by atoms with Gasteiger partial charge in [-0.25, -0.2) is 4.31 Å². The molecule has 2 unspecified atom stereocenters. The van der Waals surface area contributed by atoms with Gasteiger partial charge in [-0.1, -0.05) is 59.3 Å². The standard InChI is InChI=1S/C27H31N3O5S/c28-26(31)25(21-12-11-19-7-1-2-8-20(19)17-21)35-22-13-16-29(18-22)14-5-6-15-30-27(32)23-9-3-4-10-24(23)36(30,33)34/h1-4,7-12,17,22,25,33-34H,5-6,13-16,18H2,(H2,28,31). The molecule has 3 aromatic carbocycles. The molecule has 0 spiro atoms. The van der Waals surface area contributed by atoms with Crippen molar-refractivity contribution in [1.82, 2.24) is 9.21 Å². The number of ether oxygens (including phenoxy) is 1. The third kappa shape index (κ3) is 4.85. The summed E-state index contributed by atoms with van der Waals surface area (Å²) in [7, 11) is -3.26. The second-order valence-electron chi connectivity index (χ2n) is 9.37. The van der Waals surface area contributed by atoms with Crippen molar-refractivity contribution in [2.45, 2.75) is 36.4 Å². The number of carbonyl (C=O) groups excluding carboxylic acids is 2. The van der Waals surface area contributed by atoms with Crippen LogP contribution >= 0.6 is 10.8 Å². The van der Waals surface area contributed by atoms with Gasteiger partial charge in [-0.15, -0.1) is 0 Å². The van der Waals surface area contributed by atoms with Crippen LogP contribution in [0.15, 0.2) is 71.6 Å². The number of carbonyl (C=O) groups is 2. The molecule has 2 aliphatic heterocycles. The molecule has 2 aliphatic rings. The lowest BCUT2D eigenvalue weighted by molar-refractivity contribution is -0.133. The maximum atomic E-state index is 12.6. The Labute approximate surface area is 212 Å². The molecule has 190 valence electrons. The highest BCUT2D eigenvalue weighted by molar-refractivity contribution is 8.23. The van der Waals surface area contributed by atoms with Crippen LogP contribution in [0.2, 0.25) is 0 Å². The predicted molar refractivity (Wildman–Crippen MR) is 140 cm³/mol. The van der Waals surface area contributed by atoms with Crippen LogP contribution in [0.4, 0.5) is 0 Å². The highest BCUT2D eigenvalue weighted by atomic mass is 32.3. The minimum atomic E-state index is -3.26. The second kappa shape index (κ2) is 10.2. The zero-order chi connectivity index (χ0) is 25.3. The Bertz CT molecular complexity index is 1280. The Balaban J connectivity index is 1.12. The molecule has 8 nitrogen and oxygen atoms in total. The van der Waals surface area contributed by atoms with E-state index in [1.54, 1.807) is 24.3 Å². The van der Waals surface area contributed by atoms with Gasteiger partial charge in [0.05, 0.1) is 16.6 Å². The summed E-state index contributed by atoms with van der Waals surface area (Å²) in [6.45, 7) is 2.62. The molecule has 2 amide bonds. The van der Waals surface area contributed by atoms with E-state index in [9.17, 15) is 18.7 Å². The molecule has 1 saturated heterocycles. The van der Waals surface area contributed by atoms with Crippen LogP contribution in [0.3, 0.4) is 0 Å². The van der Waals surface area contributed by atoms with Gasteiger partial charge in [0, 0.05) is 19.6 Å². The highest BCUT2D eigenvalue weighted by Gasteiger charge is 2.40. The van der Waals surface area contributed by atoms with Gasteiger partial charge in [0.1, 0.15) is 0 Å². The summed E-state index contributed by atoms with van der Waals surface area (Å²) in [6.07, 6.45) is 1.35. The second-order valence-corrected chi connectivity index (χ2v) is 11.3. The predicted octanol–water partition coefficient (Wildman–Crippen LogP) is 4.42. The zero-order valence-corrected chi connectivity index (χ0v) is 20.8. The molecule has 2 atom stereocenters. The summed E-state index contributed by atoms with van der Waals surface area (Å²) in [4.78, 5) is 27.4. The van der Waals surface area contributed by atoms with E-state index in [0.29, 0.717) is 23.4 Å². The van der Waals surface area contributed by atoms with E-state index in [1.807, 2.05) is 42.5 Å². The normalized spacial score (nSPS) is 21.0. The van der Waals surface area contributed by atoms with Gasteiger partial charge in [-0.05, 0) is 60.3 Å². The first-order chi connectivity index (χ1) is 17.3. The fraction of sp³-hybridized carbons (Fsp3) is 0.333. The summed E-state index contributed by atoms with van der Waals surface area (Å²) in [6, 6.07) is 20.5. The average Bonchev–Trinajstić information content (AvgIpc) is 3.40. The number of benzene rings is 3. The van der Waals surface area contributed by atoms with Crippen molar-refractivity contribution in [2.24, 2.45) is 5.73 Å². The number of unbranched alkanes of at least 4 members (excludes halogenated alkanes) is 1. The van der Waals surface area contributed by atoms with E-state index < -0.39 is 22.8 Å². The van der Waals surface area contributed by atoms with E-state index in [4.69, 9.17) is 10.5 Å². The third-order valence-electron chi connectivity index (χ3n) is 6.92. The lowest BCUT2D eigenvalue weighted by atomic mass is 10.0. The summed E-state index contributed by atoms with van der Waals surface area (Å²) in [5.41, 5.74) is 6.83. The van der Waals surface area contributed by atoms with Crippen molar-refractivity contribution in [1.29, 1.82) is 0 Å². The first-order valence-corrected chi connectivity index (χ1v) is 13.7. The molecule has 9 heteroatoms. The maximum absolute atomic E-state index is 12.6. The lowest BCUT2D eigenvalue weighted by Gasteiger charge is -2.37. The lowest BCUT2D eigenvalue weighted by Crippen LogP contribution is -2.31. The van der Waals surface area contributed by atoms with E-state index in [-0.39, 0.29) is 18.6 Å². The van der Waals surface area contributed by atoms with Gasteiger partial charge in [0.25, 0.3) is 11.8 Å². The quantitative estimate of drug-likeness (QED) is 0.368. The van der Waals surface area contributed by atoms with Crippen molar-refractivity contribution in [2.75, 3.05) is 26.2 Å². The largest absolute Gasteiger partial charge is 0.367 e. The number of likely N-dealkylation sites (tertiary alicyclic amines) is 1. The van der Waals surface area contributed by atoms with Crippen LogP contribution in [0.25, 0.3) is 10.8 Å². The summed E-state index contributed by atoms with van der Waals surface area (Å²) < 4.78 is 28.5. The molecule has 5 rings (SSSR count). The molecular weight excluding hydrogens is 478 g/mol. The highest BCUT2D eigenvalue weighted by Crippen LogP contribution is 2.58. The molecule has 0 saturated carbocycles. The smallest absolute Gasteiger partial charge is 0.274 e. The number of primary amides is 1. The molecule has 2 heterocycles. The molecule has 0 aliphatic carbocycles. The van der Waals surface area contributed by atoms with Crippen LogP contribution in [0.5, 0.6) is 0 Å². The summed E-state index contributed by atoms with van der Waals surface area (Å²) >= 11 is 0. The van der Waals surface area contributed by atoms with E-state index >= 15 is 0 Å². The Kier molecular flexibility index (Phi) is 7.00. The summed E-state index contributed by atoms with van der Waals surface area (Å²) in [5, 5.41) is 2.13. The van der Waals surface area contributed by atoms with Crippen molar-refractivity contribution < 1.29 is 23.4 Å². The Morgan fingerprint density at radius 2 is 1.75 bits per heavy atom. The fourth-order valence-corrected chi connectivity index (χ4v) is 6.72. The van der Waals surface area contributed by atoms with Crippen molar-refractivity contribution in [3.63, 3.8) is 0 Å². The van der Waals surface area contributed by atoms with Gasteiger partial charge < -0.3 is 15.4 Å². The van der Waals surface area contributed by atoms with Crippen molar-refractivity contribution in [3.05, 3.63) is 77.9 Å². The van der Waals surface area contributed by atoms with Gasteiger partial charge >= 0.3 is 0 Å². The SMILES string of the molecule is NC(=O)C(OC1CCN(CCCCN2C(=O)c3ccccc3S2(O)O)C1)c1ccc2ccccc2c1. The Morgan fingerprint density at radius 3 is 2.53 bits per heavy atom. The van der Waals surface area contributed by atoms with Crippen LogP contribution in [0, 0.1) is 0 Å². The average molecular weight is 510 g/mol. The number of nitrogens with two attached hydrogens (primary N) is 1. The minimum absolute atomic E-state index is 0.101. The van der Waals surface area contributed by atoms with Crippen LogP contribution < -0.4 is 5.73 Å². The first kappa shape index (κ1) is 24.7. The van der Waals surface area contributed by atoms with Crippen LogP contribution in [-0.4, -0.2) is 62.4 Å². The Morgan fingerprint density at radius 1 is 1.03 bits per heavy atom. The van der Waals surface area contributed by atoms with E-state index in [1.165, 1.54) is 4.31 Å². The zero-order valence-electron chi connectivity index (χ0n) is 20.0. The number of nitrogens with zero attached hydrogens (tertiary/aromatic N) is 2. The van der Waals surface area contributed by atoms with Crippen molar-refractivity contribution in [3.8, 4) is 0 Å². The third-order valence-corrected chi connectivity index (χ3v) is 8.83. The fourth-order valence-electron chi connectivity index (χ4n) is 5.05. The molecule has 4 N–H and O–H groups in total. The first-order valence-electron chi connectivity index (χ1n) is 12.2. The number of hydrogen-bond donors (Lipinski definition) is 3. The maximum Gasteiger partial charge on any atom is 0.274 e. The minimum Gasteiger partial charge on any atom is -0.367 e. The molecule has 0 bridgehead atoms. The molecule has 36 heavy (non-hydrogen) atoms. The molecular formula is C27H31N3O5S. The van der Waals surface area contributed by atoms with E-state index in [2.05, 4.69) is 4.90 Å². The topological polar surface area (TPSA) is 116 Å². The molecule has 3 aromatic rings. The van der Waals surface area contributed by atoms with Gasteiger partial charge in [0.15, 0.2) is 6.10 Å². The van der Waals surface area contributed by atoms with Crippen molar-refractivity contribution >= 4 is 33.4 Å². The summed E-state index contributed by atoms with van der Waals surface area (Å²) in [5.74, 6) is -0.828. The monoisotopic (exact) mass is 509 g/mol. The van der Waals surface area contributed by atoms with Gasteiger partial charge in [-0.2, -0.15) is 0 Å². The van der Waals surface area contributed by atoms with Gasteiger partial charge in [-0.3, -0.25) is 18.7 Å². The van der Waals surface area contributed by atoms with E-state index in [0.717, 1.165) is 42.3 Å². The Hall–Kier alpha value is -2.95. The van der Waals surface area contributed by atoms with Crippen LogP contribution in [0.1, 0.15) is 41.3 Å². The molecule has 0 aromatic heterocycles. The number of rotatable bonds is 9. The van der Waals surface area contributed by atoms with Crippen LogP contribution in [-0.2, 0) is 9.53 Å². The molecule has 1 fully saturated rings. The number of amides is 2. The van der Waals surface area contributed by atoms with Gasteiger partial charge in [0.2, 0.25) is 0 Å².